The van der Waals surface area contributed by atoms with Crippen LogP contribution in [-0.4, -0.2) is 23.0 Å². The van der Waals surface area contributed by atoms with E-state index in [1.54, 1.807) is 11.8 Å². The van der Waals surface area contributed by atoms with Gasteiger partial charge < -0.3 is 10.8 Å². The van der Waals surface area contributed by atoms with Crippen LogP contribution >= 0.6 is 11.8 Å². The zero-order valence-electron chi connectivity index (χ0n) is 12.1. The Morgan fingerprint density at radius 3 is 2.45 bits per heavy atom. The summed E-state index contributed by atoms with van der Waals surface area (Å²) in [4.78, 5) is 1.17. The highest BCUT2D eigenvalue weighted by atomic mass is 32.2. The highest BCUT2D eigenvalue weighted by molar-refractivity contribution is 8.00. The van der Waals surface area contributed by atoms with Gasteiger partial charge in [0.05, 0.1) is 6.61 Å². The van der Waals surface area contributed by atoms with Crippen LogP contribution in [0.25, 0.3) is 10.8 Å². The molecule has 0 aliphatic heterocycles. The van der Waals surface area contributed by atoms with Gasteiger partial charge in [-0.15, -0.1) is 11.8 Å². The van der Waals surface area contributed by atoms with Gasteiger partial charge in [0, 0.05) is 16.2 Å². The SMILES string of the molecule is CC(C)CC(N)C(CO)Sc1ccc2ccccc2c1. The van der Waals surface area contributed by atoms with Gasteiger partial charge in [0.25, 0.3) is 0 Å². The van der Waals surface area contributed by atoms with Crippen molar-refractivity contribution in [1.29, 1.82) is 0 Å². The normalized spacial score (nSPS) is 14.7. The van der Waals surface area contributed by atoms with Gasteiger partial charge in [-0.3, -0.25) is 0 Å². The van der Waals surface area contributed by atoms with E-state index >= 15 is 0 Å². The molecule has 0 aliphatic rings. The molecule has 2 rings (SSSR count). The monoisotopic (exact) mass is 289 g/mol. The van der Waals surface area contributed by atoms with Gasteiger partial charge in [-0.05, 0) is 35.2 Å². The summed E-state index contributed by atoms with van der Waals surface area (Å²) < 4.78 is 0. The van der Waals surface area contributed by atoms with E-state index in [4.69, 9.17) is 5.73 Å². The number of nitrogens with two attached hydrogens (primary N) is 1. The number of rotatable bonds is 6. The third-order valence-corrected chi connectivity index (χ3v) is 4.74. The van der Waals surface area contributed by atoms with Crippen molar-refractivity contribution < 1.29 is 5.11 Å². The first-order chi connectivity index (χ1) is 9.60. The summed E-state index contributed by atoms with van der Waals surface area (Å²) in [6.45, 7) is 4.44. The second kappa shape index (κ2) is 7.11. The lowest BCUT2D eigenvalue weighted by Crippen LogP contribution is -2.36. The summed E-state index contributed by atoms with van der Waals surface area (Å²) >= 11 is 1.68. The quantitative estimate of drug-likeness (QED) is 0.798. The van der Waals surface area contributed by atoms with Crippen molar-refractivity contribution in [3.8, 4) is 0 Å². The van der Waals surface area contributed by atoms with E-state index in [0.717, 1.165) is 6.42 Å². The van der Waals surface area contributed by atoms with Crippen LogP contribution < -0.4 is 5.73 Å². The molecule has 3 N–H and O–H groups in total. The van der Waals surface area contributed by atoms with Gasteiger partial charge in [0.15, 0.2) is 0 Å². The number of thioether (sulfide) groups is 1. The van der Waals surface area contributed by atoms with E-state index in [-0.39, 0.29) is 17.9 Å². The van der Waals surface area contributed by atoms with Gasteiger partial charge in [-0.1, -0.05) is 44.2 Å². The van der Waals surface area contributed by atoms with E-state index in [0.29, 0.717) is 5.92 Å². The summed E-state index contributed by atoms with van der Waals surface area (Å²) in [5.74, 6) is 0.552. The molecule has 2 aromatic rings. The maximum atomic E-state index is 9.58. The van der Waals surface area contributed by atoms with E-state index in [1.807, 2.05) is 12.1 Å². The first-order valence-electron chi connectivity index (χ1n) is 7.12. The number of hydrogen-bond donors (Lipinski definition) is 2. The first kappa shape index (κ1) is 15.4. The molecule has 20 heavy (non-hydrogen) atoms. The molecule has 0 fully saturated rings. The van der Waals surface area contributed by atoms with Crippen LogP contribution in [-0.2, 0) is 0 Å². The molecule has 108 valence electrons. The van der Waals surface area contributed by atoms with Crippen LogP contribution in [0.1, 0.15) is 20.3 Å². The van der Waals surface area contributed by atoms with E-state index in [2.05, 4.69) is 44.2 Å². The smallest absolute Gasteiger partial charge is 0.0568 e. The lowest BCUT2D eigenvalue weighted by Gasteiger charge is -2.23. The lowest BCUT2D eigenvalue weighted by atomic mass is 10.0. The number of aliphatic hydroxyl groups excluding tert-OH is 1. The van der Waals surface area contributed by atoms with Gasteiger partial charge in [0.2, 0.25) is 0 Å². The molecule has 3 heteroatoms. The summed E-state index contributed by atoms with van der Waals surface area (Å²) in [6, 6.07) is 14.7. The fourth-order valence-corrected chi connectivity index (χ4v) is 3.42. The van der Waals surface area contributed by atoms with E-state index in [1.165, 1.54) is 15.7 Å². The Hall–Kier alpha value is -1.03. The molecule has 0 spiro atoms. The lowest BCUT2D eigenvalue weighted by molar-refractivity contribution is 0.275. The minimum atomic E-state index is 0.0245. The largest absolute Gasteiger partial charge is 0.395 e. The minimum absolute atomic E-state index is 0.0245. The first-order valence-corrected chi connectivity index (χ1v) is 8.00. The molecule has 2 nitrogen and oxygen atoms in total. The Morgan fingerprint density at radius 2 is 1.80 bits per heavy atom. The molecule has 0 bridgehead atoms. The zero-order valence-corrected chi connectivity index (χ0v) is 12.9. The van der Waals surface area contributed by atoms with Crippen molar-refractivity contribution >= 4 is 22.5 Å². The van der Waals surface area contributed by atoms with Crippen molar-refractivity contribution in [2.24, 2.45) is 11.7 Å². The fraction of sp³-hybridized carbons (Fsp3) is 0.412. The molecular formula is C17H23NOS. The molecule has 0 saturated heterocycles. The van der Waals surface area contributed by atoms with Crippen LogP contribution in [0, 0.1) is 5.92 Å². The third-order valence-electron chi connectivity index (χ3n) is 3.41. The van der Waals surface area contributed by atoms with Crippen LogP contribution in [0.5, 0.6) is 0 Å². The molecule has 0 saturated carbocycles. The molecule has 2 unspecified atom stereocenters. The Morgan fingerprint density at radius 1 is 1.10 bits per heavy atom. The molecular weight excluding hydrogens is 266 g/mol. The average Bonchev–Trinajstić information content (AvgIpc) is 2.43. The van der Waals surface area contributed by atoms with Crippen molar-refractivity contribution in [3.05, 3.63) is 42.5 Å². The standard InChI is InChI=1S/C17H23NOS/c1-12(2)9-16(18)17(11-19)20-15-8-7-13-5-3-4-6-14(13)10-15/h3-8,10,12,16-17,19H,9,11,18H2,1-2H3. The number of hydrogen-bond acceptors (Lipinski definition) is 3. The predicted octanol–water partition coefficient (Wildman–Crippen LogP) is 3.67. The Kier molecular flexibility index (Phi) is 5.46. The van der Waals surface area contributed by atoms with Gasteiger partial charge in [-0.2, -0.15) is 0 Å². The molecule has 0 aromatic heterocycles. The Balaban J connectivity index is 2.12. The summed E-state index contributed by atoms with van der Waals surface area (Å²) in [6.07, 6.45) is 0.936. The number of aliphatic hydroxyl groups is 1. The number of fused-ring (bicyclic) bond motifs is 1. The molecule has 2 atom stereocenters. The molecule has 2 aromatic carbocycles. The van der Waals surface area contributed by atoms with Crippen LogP contribution in [0.3, 0.4) is 0 Å². The van der Waals surface area contributed by atoms with Crippen LogP contribution in [0.4, 0.5) is 0 Å². The predicted molar refractivity (Wildman–Crippen MR) is 88.1 cm³/mol. The van der Waals surface area contributed by atoms with Gasteiger partial charge in [0.1, 0.15) is 0 Å². The molecule has 0 aliphatic carbocycles. The summed E-state index contributed by atoms with van der Waals surface area (Å²) in [5, 5.41) is 12.1. The van der Waals surface area contributed by atoms with Crippen LogP contribution in [0.2, 0.25) is 0 Å². The zero-order chi connectivity index (χ0) is 14.5. The second-order valence-electron chi connectivity index (χ2n) is 5.64. The van der Waals surface area contributed by atoms with Crippen molar-refractivity contribution in [1.82, 2.24) is 0 Å². The molecule has 0 radical (unpaired) electrons. The molecule has 0 amide bonds. The minimum Gasteiger partial charge on any atom is -0.395 e. The van der Waals surface area contributed by atoms with Crippen molar-refractivity contribution in [3.63, 3.8) is 0 Å². The highest BCUT2D eigenvalue weighted by Crippen LogP contribution is 2.29. The van der Waals surface area contributed by atoms with E-state index in [9.17, 15) is 5.11 Å². The maximum Gasteiger partial charge on any atom is 0.0568 e. The summed E-state index contributed by atoms with van der Waals surface area (Å²) in [5.41, 5.74) is 6.21. The Bertz CT molecular complexity index is 555. The Labute approximate surface area is 125 Å². The average molecular weight is 289 g/mol. The van der Waals surface area contributed by atoms with Gasteiger partial charge in [-0.25, -0.2) is 0 Å². The van der Waals surface area contributed by atoms with Crippen LogP contribution in [0.15, 0.2) is 47.4 Å². The molecule has 0 heterocycles. The fourth-order valence-electron chi connectivity index (χ4n) is 2.37. The van der Waals surface area contributed by atoms with Crippen molar-refractivity contribution in [2.45, 2.75) is 36.5 Å². The van der Waals surface area contributed by atoms with Gasteiger partial charge >= 0.3 is 0 Å². The van der Waals surface area contributed by atoms with Crippen molar-refractivity contribution in [2.75, 3.05) is 6.61 Å². The topological polar surface area (TPSA) is 46.2 Å². The van der Waals surface area contributed by atoms with E-state index < -0.39 is 0 Å². The highest BCUT2D eigenvalue weighted by Gasteiger charge is 2.19. The second-order valence-corrected chi connectivity index (χ2v) is 6.95. The third kappa shape index (κ3) is 3.98. The number of benzene rings is 2. The maximum absolute atomic E-state index is 9.58. The summed E-state index contributed by atoms with van der Waals surface area (Å²) in [7, 11) is 0.